The van der Waals surface area contributed by atoms with E-state index in [2.05, 4.69) is 5.32 Å². The maximum atomic E-state index is 13.5. The van der Waals surface area contributed by atoms with Crippen molar-refractivity contribution in [2.75, 3.05) is 25.0 Å². The fraction of sp³-hybridized carbons (Fsp3) is 0.261. The molecule has 0 radical (unpaired) electrons. The van der Waals surface area contributed by atoms with Crippen molar-refractivity contribution in [2.45, 2.75) is 24.4 Å². The van der Waals surface area contributed by atoms with Crippen molar-refractivity contribution < 1.29 is 26.4 Å². The average Bonchev–Trinajstić information content (AvgIpc) is 3.18. The molecule has 1 aromatic heterocycles. The second-order valence-electron chi connectivity index (χ2n) is 7.83. The number of anilines is 1. The molecule has 1 N–H and O–H groups in total. The van der Waals surface area contributed by atoms with Crippen molar-refractivity contribution in [2.24, 2.45) is 0 Å². The van der Waals surface area contributed by atoms with Gasteiger partial charge in [0, 0.05) is 43.4 Å². The highest BCUT2D eigenvalue weighted by Crippen LogP contribution is 2.37. The van der Waals surface area contributed by atoms with Crippen LogP contribution in [-0.2, 0) is 21.0 Å². The SMILES string of the molecule is CC(=O)N(C)c1ccc(S(=O)(=O)n2cc(C3=CCNCC3)c3cc(C(F)(F)F)ccc32)cc1. The molecule has 4 rings (SSSR count). The number of carbonyl (C=O) groups is 1. The first-order chi connectivity index (χ1) is 15.5. The minimum Gasteiger partial charge on any atom is -0.316 e. The van der Waals surface area contributed by atoms with Crippen LogP contribution in [0.5, 0.6) is 0 Å². The van der Waals surface area contributed by atoms with Crippen LogP contribution in [-0.4, -0.2) is 38.4 Å². The molecule has 0 saturated heterocycles. The second kappa shape index (κ2) is 8.35. The Labute approximate surface area is 189 Å². The summed E-state index contributed by atoms with van der Waals surface area (Å²) in [7, 11) is -2.53. The van der Waals surface area contributed by atoms with Gasteiger partial charge in [0.1, 0.15) is 0 Å². The molecule has 174 valence electrons. The highest BCUT2D eigenvalue weighted by Gasteiger charge is 2.32. The second-order valence-corrected chi connectivity index (χ2v) is 9.64. The number of rotatable bonds is 4. The average molecular weight is 478 g/mol. The van der Waals surface area contributed by atoms with E-state index >= 15 is 0 Å². The van der Waals surface area contributed by atoms with Crippen molar-refractivity contribution in [3.05, 3.63) is 65.9 Å². The Morgan fingerprint density at radius 2 is 1.82 bits per heavy atom. The Kier molecular flexibility index (Phi) is 5.83. The number of halogens is 3. The van der Waals surface area contributed by atoms with Crippen molar-refractivity contribution in [1.82, 2.24) is 9.29 Å². The van der Waals surface area contributed by atoms with E-state index in [1.54, 1.807) is 7.05 Å². The predicted molar refractivity (Wildman–Crippen MR) is 121 cm³/mol. The molecule has 0 spiro atoms. The standard InChI is InChI=1S/C23H22F3N3O3S/c1-15(30)28(2)18-4-6-19(7-5-18)33(31,32)29-14-21(16-9-11-27-12-10-16)20-13-17(23(24,25)26)3-8-22(20)29/h3-9,13-14,27H,10-12H2,1-2H3. The van der Waals surface area contributed by atoms with Gasteiger partial charge in [0.2, 0.25) is 5.91 Å². The summed E-state index contributed by atoms with van der Waals surface area (Å²) >= 11 is 0. The van der Waals surface area contributed by atoms with Gasteiger partial charge >= 0.3 is 6.18 Å². The summed E-state index contributed by atoms with van der Waals surface area (Å²) in [6, 6.07) is 8.87. The first-order valence-corrected chi connectivity index (χ1v) is 11.7. The van der Waals surface area contributed by atoms with Crippen LogP contribution in [0.3, 0.4) is 0 Å². The third kappa shape index (κ3) is 4.28. The van der Waals surface area contributed by atoms with E-state index in [-0.39, 0.29) is 21.7 Å². The zero-order chi connectivity index (χ0) is 24.0. The third-order valence-electron chi connectivity index (χ3n) is 5.76. The normalized spacial score (nSPS) is 14.9. The van der Waals surface area contributed by atoms with Crippen molar-refractivity contribution in [3.8, 4) is 0 Å². The monoisotopic (exact) mass is 477 g/mol. The molecular weight excluding hydrogens is 455 g/mol. The van der Waals surface area contributed by atoms with Gasteiger partial charge in [-0.05, 0) is 61.0 Å². The van der Waals surface area contributed by atoms with E-state index in [0.717, 1.165) is 21.7 Å². The number of carbonyl (C=O) groups excluding carboxylic acids is 1. The van der Waals surface area contributed by atoms with E-state index in [0.29, 0.717) is 30.8 Å². The number of nitrogens with zero attached hydrogens (tertiary/aromatic N) is 2. The molecule has 0 unspecified atom stereocenters. The lowest BCUT2D eigenvalue weighted by Gasteiger charge is -2.15. The summed E-state index contributed by atoms with van der Waals surface area (Å²) in [6.07, 6.45) is -0.718. The molecule has 3 aromatic rings. The summed E-state index contributed by atoms with van der Waals surface area (Å²) < 4.78 is 68.1. The van der Waals surface area contributed by atoms with Gasteiger partial charge in [0.05, 0.1) is 16.0 Å². The Bertz CT molecular complexity index is 1360. The Morgan fingerprint density at radius 3 is 2.39 bits per heavy atom. The van der Waals surface area contributed by atoms with Gasteiger partial charge in [-0.1, -0.05) is 6.08 Å². The molecule has 6 nitrogen and oxygen atoms in total. The van der Waals surface area contributed by atoms with Gasteiger partial charge in [-0.2, -0.15) is 13.2 Å². The Morgan fingerprint density at radius 1 is 1.12 bits per heavy atom. The molecule has 2 heterocycles. The maximum absolute atomic E-state index is 13.5. The lowest BCUT2D eigenvalue weighted by Crippen LogP contribution is -2.22. The molecule has 0 fully saturated rings. The molecule has 0 saturated carbocycles. The van der Waals surface area contributed by atoms with Gasteiger partial charge in [0.15, 0.2) is 0 Å². The largest absolute Gasteiger partial charge is 0.416 e. The highest BCUT2D eigenvalue weighted by molar-refractivity contribution is 7.90. The Balaban J connectivity index is 1.88. The van der Waals surface area contributed by atoms with Gasteiger partial charge in [0.25, 0.3) is 10.0 Å². The molecule has 0 aliphatic carbocycles. The number of nitrogens with one attached hydrogen (secondary N) is 1. The quantitative estimate of drug-likeness (QED) is 0.610. The summed E-state index contributed by atoms with van der Waals surface area (Å²) in [6.45, 7) is 2.59. The smallest absolute Gasteiger partial charge is 0.316 e. The molecule has 1 amide bonds. The molecule has 1 aliphatic heterocycles. The first kappa shape index (κ1) is 23.1. The minimum atomic E-state index is -4.55. The molecule has 33 heavy (non-hydrogen) atoms. The Hall–Kier alpha value is -3.11. The van der Waals surface area contributed by atoms with Crippen LogP contribution in [0.15, 0.2) is 59.6 Å². The molecule has 2 aromatic carbocycles. The number of hydrogen-bond donors (Lipinski definition) is 1. The van der Waals surface area contributed by atoms with Gasteiger partial charge in [-0.15, -0.1) is 0 Å². The van der Waals surface area contributed by atoms with E-state index < -0.39 is 21.8 Å². The van der Waals surface area contributed by atoms with Crippen LogP contribution in [0.1, 0.15) is 24.5 Å². The number of benzene rings is 2. The van der Waals surface area contributed by atoms with Crippen molar-refractivity contribution in [1.29, 1.82) is 0 Å². The highest BCUT2D eigenvalue weighted by atomic mass is 32.2. The van der Waals surface area contributed by atoms with E-state index in [4.69, 9.17) is 0 Å². The van der Waals surface area contributed by atoms with Gasteiger partial charge in [-0.25, -0.2) is 12.4 Å². The zero-order valence-electron chi connectivity index (χ0n) is 18.0. The number of alkyl halides is 3. The van der Waals surface area contributed by atoms with E-state index in [1.807, 2.05) is 6.08 Å². The van der Waals surface area contributed by atoms with Crippen LogP contribution in [0.25, 0.3) is 16.5 Å². The minimum absolute atomic E-state index is 0.0363. The molecule has 0 atom stereocenters. The van der Waals surface area contributed by atoms with Crippen LogP contribution >= 0.6 is 0 Å². The van der Waals surface area contributed by atoms with Crippen LogP contribution in [0.4, 0.5) is 18.9 Å². The third-order valence-corrected chi connectivity index (χ3v) is 7.45. The van der Waals surface area contributed by atoms with Crippen LogP contribution < -0.4 is 10.2 Å². The van der Waals surface area contributed by atoms with Crippen molar-refractivity contribution >= 4 is 38.1 Å². The topological polar surface area (TPSA) is 71.4 Å². The zero-order valence-corrected chi connectivity index (χ0v) is 18.8. The number of amides is 1. The number of fused-ring (bicyclic) bond motifs is 1. The summed E-state index contributed by atoms with van der Waals surface area (Å²) in [4.78, 5) is 12.9. The molecule has 10 heteroatoms. The first-order valence-electron chi connectivity index (χ1n) is 10.2. The molecule has 0 bridgehead atoms. The predicted octanol–water partition coefficient (Wildman–Crippen LogP) is 4.26. The molecule has 1 aliphatic rings. The van der Waals surface area contributed by atoms with Crippen LogP contribution in [0.2, 0.25) is 0 Å². The number of aromatic nitrogens is 1. The van der Waals surface area contributed by atoms with Gasteiger partial charge in [-0.3, -0.25) is 4.79 Å². The lowest BCUT2D eigenvalue weighted by atomic mass is 9.98. The molecular formula is C23H22F3N3O3S. The summed E-state index contributed by atoms with van der Waals surface area (Å²) in [5.74, 6) is -0.206. The lowest BCUT2D eigenvalue weighted by molar-refractivity contribution is -0.137. The fourth-order valence-electron chi connectivity index (χ4n) is 3.84. The number of hydrogen-bond acceptors (Lipinski definition) is 4. The van der Waals surface area contributed by atoms with Crippen molar-refractivity contribution in [3.63, 3.8) is 0 Å². The van der Waals surface area contributed by atoms with E-state index in [1.165, 1.54) is 48.4 Å². The summed E-state index contributed by atoms with van der Waals surface area (Å²) in [5, 5.41) is 3.37. The van der Waals surface area contributed by atoms with Gasteiger partial charge < -0.3 is 10.2 Å². The fourth-order valence-corrected chi connectivity index (χ4v) is 5.21. The summed E-state index contributed by atoms with van der Waals surface area (Å²) in [5.41, 5.74) is 1.12. The maximum Gasteiger partial charge on any atom is 0.416 e. The van der Waals surface area contributed by atoms with Crippen LogP contribution in [0, 0.1) is 0 Å². The van der Waals surface area contributed by atoms with E-state index in [9.17, 15) is 26.4 Å².